The summed E-state index contributed by atoms with van der Waals surface area (Å²) in [5.41, 5.74) is 0.941. The number of aliphatic carboxylic acids is 1. The Hall–Kier alpha value is -3.22. The molecule has 7 heteroatoms. The first-order valence-corrected chi connectivity index (χ1v) is 9.58. The first-order valence-electron chi connectivity index (χ1n) is 9.58. The zero-order valence-corrected chi connectivity index (χ0v) is 15.9. The Labute approximate surface area is 168 Å². The lowest BCUT2D eigenvalue weighted by atomic mass is 9.68. The third-order valence-corrected chi connectivity index (χ3v) is 5.34. The molecule has 3 N–H and O–H groups in total. The second-order valence-electron chi connectivity index (χ2n) is 7.26. The number of amides is 2. The van der Waals surface area contributed by atoms with Crippen LogP contribution < -0.4 is 10.6 Å². The van der Waals surface area contributed by atoms with E-state index in [1.807, 2.05) is 0 Å². The first kappa shape index (κ1) is 20.5. The number of hydrogen-bond acceptors (Lipinski definition) is 3. The van der Waals surface area contributed by atoms with Crippen LogP contribution in [0.3, 0.4) is 0 Å². The van der Waals surface area contributed by atoms with Crippen molar-refractivity contribution in [2.75, 3.05) is 11.9 Å². The molecule has 0 unspecified atom stereocenters. The van der Waals surface area contributed by atoms with Gasteiger partial charge in [0.25, 0.3) is 5.91 Å². The summed E-state index contributed by atoms with van der Waals surface area (Å²) in [6, 6.07) is 12.4. The van der Waals surface area contributed by atoms with Crippen molar-refractivity contribution in [1.82, 2.24) is 5.32 Å². The average molecular weight is 398 g/mol. The van der Waals surface area contributed by atoms with Crippen LogP contribution in [0.25, 0.3) is 0 Å². The number of hydrogen-bond donors (Lipinski definition) is 3. The highest BCUT2D eigenvalue weighted by Gasteiger charge is 2.41. The maximum atomic E-state index is 13.4. The van der Waals surface area contributed by atoms with Gasteiger partial charge in [0.2, 0.25) is 5.91 Å². The second kappa shape index (κ2) is 8.86. The van der Waals surface area contributed by atoms with E-state index < -0.39 is 23.8 Å². The van der Waals surface area contributed by atoms with Crippen molar-refractivity contribution in [3.8, 4) is 0 Å². The SMILES string of the molecule is O=C(O)CNC(=O)c1ccc(NC(=O)C2(c3ccc(F)cc3)CCCCC2)cc1. The van der Waals surface area contributed by atoms with Crippen LogP contribution in [0.2, 0.25) is 0 Å². The van der Waals surface area contributed by atoms with Gasteiger partial charge in [0.05, 0.1) is 5.41 Å². The monoisotopic (exact) mass is 398 g/mol. The van der Waals surface area contributed by atoms with Gasteiger partial charge in [-0.15, -0.1) is 0 Å². The molecule has 0 saturated heterocycles. The fourth-order valence-corrected chi connectivity index (χ4v) is 3.78. The molecule has 152 valence electrons. The van der Waals surface area contributed by atoms with Gasteiger partial charge in [-0.25, -0.2) is 4.39 Å². The van der Waals surface area contributed by atoms with Crippen molar-refractivity contribution in [1.29, 1.82) is 0 Å². The minimum absolute atomic E-state index is 0.146. The Balaban J connectivity index is 1.75. The number of anilines is 1. The minimum Gasteiger partial charge on any atom is -0.480 e. The van der Waals surface area contributed by atoms with E-state index in [2.05, 4.69) is 10.6 Å². The molecule has 3 rings (SSSR count). The van der Waals surface area contributed by atoms with Gasteiger partial charge < -0.3 is 15.7 Å². The van der Waals surface area contributed by atoms with Crippen molar-refractivity contribution in [3.05, 3.63) is 65.5 Å². The smallest absolute Gasteiger partial charge is 0.322 e. The predicted octanol–water partition coefficient (Wildman–Crippen LogP) is 3.48. The first-order chi connectivity index (χ1) is 13.9. The molecule has 0 heterocycles. The summed E-state index contributed by atoms with van der Waals surface area (Å²) in [4.78, 5) is 35.7. The number of rotatable bonds is 6. The number of benzene rings is 2. The van der Waals surface area contributed by atoms with Crippen molar-refractivity contribution in [2.45, 2.75) is 37.5 Å². The van der Waals surface area contributed by atoms with Gasteiger partial charge in [0, 0.05) is 11.3 Å². The Morgan fingerprint density at radius 3 is 2.14 bits per heavy atom. The number of carboxylic acids is 1. The Kier molecular flexibility index (Phi) is 6.26. The Morgan fingerprint density at radius 1 is 0.931 bits per heavy atom. The van der Waals surface area contributed by atoms with Gasteiger partial charge in [0.15, 0.2) is 0 Å². The summed E-state index contributed by atoms with van der Waals surface area (Å²) in [7, 11) is 0. The predicted molar refractivity (Wildman–Crippen MR) is 106 cm³/mol. The Morgan fingerprint density at radius 2 is 1.55 bits per heavy atom. The zero-order chi connectivity index (χ0) is 20.9. The summed E-state index contributed by atoms with van der Waals surface area (Å²) in [5.74, 6) is -2.11. The Bertz CT molecular complexity index is 888. The number of carbonyl (C=O) groups excluding carboxylic acids is 2. The molecule has 6 nitrogen and oxygen atoms in total. The summed E-state index contributed by atoms with van der Waals surface area (Å²) in [6.07, 6.45) is 4.30. The summed E-state index contributed by atoms with van der Waals surface area (Å²) in [6.45, 7) is -0.461. The normalized spacial score (nSPS) is 15.3. The van der Waals surface area contributed by atoms with Crippen molar-refractivity contribution in [2.24, 2.45) is 0 Å². The molecule has 2 aromatic carbocycles. The minimum atomic E-state index is -1.12. The van der Waals surface area contributed by atoms with Crippen LogP contribution in [0.15, 0.2) is 48.5 Å². The van der Waals surface area contributed by atoms with Gasteiger partial charge in [-0.3, -0.25) is 14.4 Å². The standard InChI is InChI=1S/C22H23FN2O4/c23-17-8-6-16(7-9-17)22(12-2-1-3-13-22)21(29)25-18-10-4-15(5-11-18)20(28)24-14-19(26)27/h4-11H,1-3,12-14H2,(H,24,28)(H,25,29)(H,26,27). The number of nitrogens with one attached hydrogen (secondary N) is 2. The molecule has 0 atom stereocenters. The lowest BCUT2D eigenvalue weighted by molar-refractivity contribution is -0.135. The van der Waals surface area contributed by atoms with Gasteiger partial charge >= 0.3 is 5.97 Å². The third kappa shape index (κ3) is 4.80. The van der Waals surface area contributed by atoms with Gasteiger partial charge in [-0.05, 0) is 54.8 Å². The van der Waals surface area contributed by atoms with Crippen molar-refractivity contribution >= 4 is 23.5 Å². The second-order valence-corrected chi connectivity index (χ2v) is 7.26. The molecule has 29 heavy (non-hydrogen) atoms. The molecule has 1 aliphatic carbocycles. The van der Waals surface area contributed by atoms with Crippen LogP contribution in [0.4, 0.5) is 10.1 Å². The zero-order valence-electron chi connectivity index (χ0n) is 15.9. The van der Waals surface area contributed by atoms with Crippen molar-refractivity contribution in [3.63, 3.8) is 0 Å². The average Bonchev–Trinajstić information content (AvgIpc) is 2.73. The van der Waals surface area contributed by atoms with E-state index in [9.17, 15) is 18.8 Å². The van der Waals surface area contributed by atoms with Crippen LogP contribution in [0.1, 0.15) is 48.0 Å². The van der Waals surface area contributed by atoms with E-state index in [0.717, 1.165) is 24.8 Å². The third-order valence-electron chi connectivity index (χ3n) is 5.34. The molecule has 0 aliphatic heterocycles. The van der Waals surface area contributed by atoms with Crippen LogP contribution in [-0.4, -0.2) is 29.4 Å². The molecule has 2 amide bonds. The quantitative estimate of drug-likeness (QED) is 0.694. The topological polar surface area (TPSA) is 95.5 Å². The van der Waals surface area contributed by atoms with E-state index in [-0.39, 0.29) is 11.7 Å². The molecule has 1 aliphatic rings. The van der Waals surface area contributed by atoms with Crippen LogP contribution in [0, 0.1) is 5.82 Å². The van der Waals surface area contributed by atoms with Gasteiger partial charge in [-0.2, -0.15) is 0 Å². The molecule has 1 fully saturated rings. The van der Waals surface area contributed by atoms with E-state index in [1.165, 1.54) is 24.3 Å². The summed E-state index contributed by atoms with van der Waals surface area (Å²) in [5, 5.41) is 13.8. The maximum Gasteiger partial charge on any atom is 0.322 e. The van der Waals surface area contributed by atoms with E-state index in [4.69, 9.17) is 5.11 Å². The maximum absolute atomic E-state index is 13.4. The summed E-state index contributed by atoms with van der Waals surface area (Å²) < 4.78 is 13.4. The molecule has 0 aromatic heterocycles. The molecular formula is C22H23FN2O4. The molecule has 2 aromatic rings. The number of halogens is 1. The highest BCUT2D eigenvalue weighted by atomic mass is 19.1. The van der Waals surface area contributed by atoms with Crippen molar-refractivity contribution < 1.29 is 23.9 Å². The molecule has 1 saturated carbocycles. The molecule has 0 bridgehead atoms. The number of carboxylic acid groups (broad SMARTS) is 1. The molecule has 0 radical (unpaired) electrons. The van der Waals surface area contributed by atoms with E-state index >= 15 is 0 Å². The van der Waals surface area contributed by atoms with Crippen LogP contribution in [0.5, 0.6) is 0 Å². The lowest BCUT2D eigenvalue weighted by Crippen LogP contribution is -2.42. The largest absolute Gasteiger partial charge is 0.480 e. The number of carbonyl (C=O) groups is 3. The molecular weight excluding hydrogens is 375 g/mol. The van der Waals surface area contributed by atoms with Gasteiger partial charge in [-0.1, -0.05) is 31.4 Å². The van der Waals surface area contributed by atoms with Gasteiger partial charge in [0.1, 0.15) is 12.4 Å². The van der Waals surface area contributed by atoms with E-state index in [1.54, 1.807) is 24.3 Å². The highest BCUT2D eigenvalue weighted by molar-refractivity contribution is 6.00. The highest BCUT2D eigenvalue weighted by Crippen LogP contribution is 2.40. The van der Waals surface area contributed by atoms with Crippen LogP contribution >= 0.6 is 0 Å². The summed E-state index contributed by atoms with van der Waals surface area (Å²) >= 11 is 0. The van der Waals surface area contributed by atoms with E-state index in [0.29, 0.717) is 24.1 Å². The van der Waals surface area contributed by atoms with Crippen LogP contribution in [-0.2, 0) is 15.0 Å². The fourth-order valence-electron chi connectivity index (χ4n) is 3.78. The molecule has 0 spiro atoms. The lowest BCUT2D eigenvalue weighted by Gasteiger charge is -2.36. The fraction of sp³-hybridized carbons (Fsp3) is 0.318.